The van der Waals surface area contributed by atoms with Crippen LogP contribution in [0.4, 0.5) is 0 Å². The third-order valence-corrected chi connectivity index (χ3v) is 6.87. The molecule has 152 valence electrons. The number of benzene rings is 1. The summed E-state index contributed by atoms with van der Waals surface area (Å²) in [6, 6.07) is 4.91. The van der Waals surface area contributed by atoms with Gasteiger partial charge in [0.05, 0.1) is 30.7 Å². The minimum Gasteiger partial charge on any atom is -0.497 e. The summed E-state index contributed by atoms with van der Waals surface area (Å²) in [6.45, 7) is 5.58. The van der Waals surface area contributed by atoms with Gasteiger partial charge in [-0.25, -0.2) is 13.2 Å². The van der Waals surface area contributed by atoms with Crippen molar-refractivity contribution < 1.29 is 27.1 Å². The summed E-state index contributed by atoms with van der Waals surface area (Å²) in [4.78, 5) is 12.1. The molecule has 1 aliphatic carbocycles. The summed E-state index contributed by atoms with van der Waals surface area (Å²) in [5.41, 5.74) is 1.55. The first-order valence-electron chi connectivity index (χ1n) is 9.19. The van der Waals surface area contributed by atoms with Crippen molar-refractivity contribution in [1.82, 2.24) is 4.31 Å². The van der Waals surface area contributed by atoms with Crippen LogP contribution in [0.25, 0.3) is 0 Å². The lowest BCUT2D eigenvalue weighted by atomic mass is 10.1. The second-order valence-corrected chi connectivity index (χ2v) is 8.72. The number of sulfonamides is 1. The lowest BCUT2D eigenvalue weighted by molar-refractivity contribution is 0.0525. The highest BCUT2D eigenvalue weighted by Gasteiger charge is 2.40. The largest absolute Gasteiger partial charge is 0.497 e. The zero-order valence-electron chi connectivity index (χ0n) is 16.5. The van der Waals surface area contributed by atoms with E-state index in [1.165, 1.54) is 16.6 Å². The smallest absolute Gasteiger partial charge is 0.341 e. The molecule has 0 bridgehead atoms. The standard InChI is InChI=1S/C20H25NO6S/c1-5-26-20(22)15-10-18(27-12-15)11-21(16-6-7-16)28(23,24)19-13(2)8-17(25-4)9-14(19)3/h8-10,12,16H,5-7,11H2,1-4H3. The lowest BCUT2D eigenvalue weighted by Gasteiger charge is -2.23. The van der Waals surface area contributed by atoms with Crippen molar-refractivity contribution in [2.45, 2.75) is 51.1 Å². The highest BCUT2D eigenvalue weighted by atomic mass is 32.2. The normalized spacial score (nSPS) is 14.3. The predicted molar refractivity (Wildman–Crippen MR) is 103 cm³/mol. The second kappa shape index (κ2) is 7.97. The molecule has 1 aliphatic rings. The molecule has 0 spiro atoms. The lowest BCUT2D eigenvalue weighted by Crippen LogP contribution is -2.33. The molecular formula is C20H25NO6S. The van der Waals surface area contributed by atoms with Crippen molar-refractivity contribution in [2.24, 2.45) is 0 Å². The molecule has 28 heavy (non-hydrogen) atoms. The maximum atomic E-state index is 13.5. The monoisotopic (exact) mass is 407 g/mol. The van der Waals surface area contributed by atoms with Crippen LogP contribution in [0.5, 0.6) is 5.75 Å². The van der Waals surface area contributed by atoms with Crippen molar-refractivity contribution >= 4 is 16.0 Å². The van der Waals surface area contributed by atoms with Crippen molar-refractivity contribution in [1.29, 1.82) is 0 Å². The number of furan rings is 1. The summed E-state index contributed by atoms with van der Waals surface area (Å²) < 4.78 is 44.0. The van der Waals surface area contributed by atoms with Crippen LogP contribution in [0.15, 0.2) is 33.8 Å². The van der Waals surface area contributed by atoms with Gasteiger partial charge in [-0.3, -0.25) is 0 Å². The third-order valence-electron chi connectivity index (χ3n) is 4.67. The van der Waals surface area contributed by atoms with Gasteiger partial charge in [-0.05, 0) is 62.9 Å². The molecule has 2 aromatic rings. The molecule has 0 aliphatic heterocycles. The van der Waals surface area contributed by atoms with E-state index in [0.717, 1.165) is 12.8 Å². The van der Waals surface area contributed by atoms with E-state index in [4.69, 9.17) is 13.9 Å². The van der Waals surface area contributed by atoms with E-state index in [-0.39, 0.29) is 29.7 Å². The van der Waals surface area contributed by atoms with Gasteiger partial charge in [0.1, 0.15) is 17.8 Å². The number of aryl methyl sites for hydroxylation is 2. The number of esters is 1. The van der Waals surface area contributed by atoms with Gasteiger partial charge in [0.2, 0.25) is 10.0 Å². The minimum atomic E-state index is -3.74. The van der Waals surface area contributed by atoms with Crippen LogP contribution in [0.1, 0.15) is 47.0 Å². The predicted octanol–water partition coefficient (Wildman–Crippen LogP) is 3.44. The molecule has 0 atom stereocenters. The van der Waals surface area contributed by atoms with E-state index in [9.17, 15) is 13.2 Å². The number of methoxy groups -OCH3 is 1. The Kier molecular flexibility index (Phi) is 5.81. The van der Waals surface area contributed by atoms with Crippen LogP contribution in [0.3, 0.4) is 0 Å². The van der Waals surface area contributed by atoms with Crippen LogP contribution >= 0.6 is 0 Å². The zero-order chi connectivity index (χ0) is 20.5. The summed E-state index contributed by atoms with van der Waals surface area (Å²) in [7, 11) is -2.19. The van der Waals surface area contributed by atoms with Crippen molar-refractivity contribution in [3.8, 4) is 5.75 Å². The molecule has 1 fully saturated rings. The fraction of sp³-hybridized carbons (Fsp3) is 0.450. The molecule has 0 saturated heterocycles. The van der Waals surface area contributed by atoms with Crippen LogP contribution in [0.2, 0.25) is 0 Å². The molecule has 0 amide bonds. The molecule has 1 saturated carbocycles. The van der Waals surface area contributed by atoms with Gasteiger partial charge < -0.3 is 13.9 Å². The van der Waals surface area contributed by atoms with Crippen LogP contribution in [-0.2, 0) is 21.3 Å². The second-order valence-electron chi connectivity index (χ2n) is 6.89. The fourth-order valence-corrected chi connectivity index (χ4v) is 5.33. The van der Waals surface area contributed by atoms with Crippen molar-refractivity contribution in [2.75, 3.05) is 13.7 Å². The first-order chi connectivity index (χ1) is 13.3. The van der Waals surface area contributed by atoms with E-state index in [1.54, 1.807) is 40.0 Å². The summed E-state index contributed by atoms with van der Waals surface area (Å²) in [5, 5.41) is 0. The summed E-state index contributed by atoms with van der Waals surface area (Å²) in [6.07, 6.45) is 2.91. The number of carbonyl (C=O) groups is 1. The highest BCUT2D eigenvalue weighted by molar-refractivity contribution is 7.89. The first kappa shape index (κ1) is 20.4. The van der Waals surface area contributed by atoms with Crippen molar-refractivity contribution in [3.05, 3.63) is 46.9 Å². The number of hydrogen-bond acceptors (Lipinski definition) is 6. The Morgan fingerprint density at radius 3 is 2.39 bits per heavy atom. The fourth-order valence-electron chi connectivity index (χ4n) is 3.26. The average Bonchev–Trinajstić information content (AvgIpc) is 3.35. The average molecular weight is 407 g/mol. The Morgan fingerprint density at radius 1 is 1.21 bits per heavy atom. The molecule has 7 nitrogen and oxygen atoms in total. The zero-order valence-corrected chi connectivity index (χ0v) is 17.3. The van der Waals surface area contributed by atoms with E-state index < -0.39 is 16.0 Å². The van der Waals surface area contributed by atoms with Crippen LogP contribution in [0, 0.1) is 13.8 Å². The maximum Gasteiger partial charge on any atom is 0.341 e. The van der Waals surface area contributed by atoms with Crippen LogP contribution < -0.4 is 4.74 Å². The number of nitrogens with zero attached hydrogens (tertiary/aromatic N) is 1. The van der Waals surface area contributed by atoms with Gasteiger partial charge in [0.15, 0.2) is 0 Å². The Bertz CT molecular complexity index is 951. The Labute approximate surface area is 165 Å². The molecule has 8 heteroatoms. The molecule has 0 unspecified atom stereocenters. The molecule has 1 heterocycles. The Morgan fingerprint density at radius 2 is 1.86 bits per heavy atom. The maximum absolute atomic E-state index is 13.5. The van der Waals surface area contributed by atoms with E-state index in [0.29, 0.717) is 22.6 Å². The Balaban J connectivity index is 1.92. The van der Waals surface area contributed by atoms with Crippen molar-refractivity contribution in [3.63, 3.8) is 0 Å². The molecule has 1 aromatic carbocycles. The molecular weight excluding hydrogens is 382 g/mol. The Hall–Kier alpha value is -2.32. The number of ether oxygens (including phenoxy) is 2. The molecule has 0 N–H and O–H groups in total. The van der Waals surface area contributed by atoms with Gasteiger partial charge >= 0.3 is 5.97 Å². The molecule has 3 rings (SSSR count). The SMILES string of the molecule is CCOC(=O)c1coc(CN(C2CC2)S(=O)(=O)c2c(C)cc(OC)cc2C)c1. The third kappa shape index (κ3) is 4.07. The van der Waals surface area contributed by atoms with Gasteiger partial charge in [0.25, 0.3) is 0 Å². The number of hydrogen-bond donors (Lipinski definition) is 0. The number of carbonyl (C=O) groups excluding carboxylic acids is 1. The van der Waals surface area contributed by atoms with E-state index in [2.05, 4.69) is 0 Å². The quantitative estimate of drug-likeness (QED) is 0.623. The van der Waals surface area contributed by atoms with Gasteiger partial charge in [-0.1, -0.05) is 0 Å². The molecule has 0 radical (unpaired) electrons. The van der Waals surface area contributed by atoms with Gasteiger partial charge in [-0.15, -0.1) is 0 Å². The van der Waals surface area contributed by atoms with Gasteiger partial charge in [-0.2, -0.15) is 4.31 Å². The minimum absolute atomic E-state index is 0.0668. The summed E-state index contributed by atoms with van der Waals surface area (Å²) >= 11 is 0. The van der Waals surface area contributed by atoms with Gasteiger partial charge in [0, 0.05) is 6.04 Å². The topological polar surface area (TPSA) is 86.0 Å². The van der Waals surface area contributed by atoms with E-state index >= 15 is 0 Å². The van der Waals surface area contributed by atoms with E-state index in [1.807, 2.05) is 0 Å². The number of rotatable bonds is 8. The van der Waals surface area contributed by atoms with Crippen LogP contribution in [-0.4, -0.2) is 38.5 Å². The summed E-state index contributed by atoms with van der Waals surface area (Å²) in [5.74, 6) is 0.541. The molecule has 1 aromatic heterocycles. The first-order valence-corrected chi connectivity index (χ1v) is 10.6. The highest BCUT2D eigenvalue weighted by Crippen LogP contribution is 2.36.